The molecule has 1 heterocycles. The fourth-order valence-corrected chi connectivity index (χ4v) is 1.67. The van der Waals surface area contributed by atoms with E-state index < -0.39 is 0 Å². The lowest BCUT2D eigenvalue weighted by molar-refractivity contribution is 0.0946. The van der Waals surface area contributed by atoms with Crippen molar-refractivity contribution in [2.75, 3.05) is 25.6 Å². The van der Waals surface area contributed by atoms with Crippen molar-refractivity contribution >= 4 is 11.9 Å². The van der Waals surface area contributed by atoms with Gasteiger partial charge in [-0.3, -0.25) is 4.79 Å². The van der Waals surface area contributed by atoms with Gasteiger partial charge in [0, 0.05) is 32.0 Å². The molecule has 6 heteroatoms. The second-order valence-electron chi connectivity index (χ2n) is 4.74. The quantitative estimate of drug-likeness (QED) is 0.722. The van der Waals surface area contributed by atoms with Crippen LogP contribution in [-0.4, -0.2) is 42.2 Å². The summed E-state index contributed by atoms with van der Waals surface area (Å²) >= 11 is 0. The highest BCUT2D eigenvalue weighted by Crippen LogP contribution is 2.19. The van der Waals surface area contributed by atoms with Crippen LogP contribution in [0.15, 0.2) is 6.07 Å². The van der Waals surface area contributed by atoms with Crippen molar-refractivity contribution in [1.29, 1.82) is 0 Å². The van der Waals surface area contributed by atoms with Crippen LogP contribution < -0.4 is 10.6 Å². The Hall–Kier alpha value is -1.69. The zero-order valence-electron chi connectivity index (χ0n) is 11.4. The number of aryl methyl sites for hydroxylation is 1. The number of rotatable bonds is 7. The van der Waals surface area contributed by atoms with Crippen molar-refractivity contribution in [3.8, 4) is 0 Å². The molecular formula is C13H20N4O2. The first kappa shape index (κ1) is 13.7. The average Bonchev–Trinajstić information content (AvgIpc) is 3.18. The average molecular weight is 264 g/mol. The van der Waals surface area contributed by atoms with E-state index in [2.05, 4.69) is 20.6 Å². The van der Waals surface area contributed by atoms with Crippen molar-refractivity contribution < 1.29 is 9.53 Å². The molecule has 0 unspecified atom stereocenters. The summed E-state index contributed by atoms with van der Waals surface area (Å²) in [5.74, 6) is 0.380. The normalized spacial score (nSPS) is 14.2. The van der Waals surface area contributed by atoms with E-state index in [4.69, 9.17) is 4.74 Å². The third kappa shape index (κ3) is 4.48. The summed E-state index contributed by atoms with van der Waals surface area (Å²) < 4.78 is 4.97. The molecule has 2 N–H and O–H groups in total. The zero-order valence-corrected chi connectivity index (χ0v) is 11.4. The number of methoxy groups -OCH3 is 1. The monoisotopic (exact) mass is 264 g/mol. The molecule has 0 atom stereocenters. The maximum absolute atomic E-state index is 11.9. The van der Waals surface area contributed by atoms with Crippen LogP contribution in [0.5, 0.6) is 0 Å². The van der Waals surface area contributed by atoms with Crippen LogP contribution in [0, 0.1) is 6.92 Å². The van der Waals surface area contributed by atoms with Gasteiger partial charge >= 0.3 is 0 Å². The molecule has 1 saturated carbocycles. The van der Waals surface area contributed by atoms with Gasteiger partial charge in [0.05, 0.1) is 0 Å². The zero-order chi connectivity index (χ0) is 13.7. The summed E-state index contributed by atoms with van der Waals surface area (Å²) in [5, 5.41) is 6.03. The highest BCUT2D eigenvalue weighted by Gasteiger charge is 2.24. The van der Waals surface area contributed by atoms with Crippen molar-refractivity contribution in [2.24, 2.45) is 0 Å². The minimum absolute atomic E-state index is 0.118. The molecule has 0 aliphatic heterocycles. The van der Waals surface area contributed by atoms with Crippen LogP contribution in [0.2, 0.25) is 0 Å². The van der Waals surface area contributed by atoms with Gasteiger partial charge in [-0.15, -0.1) is 0 Å². The summed E-state index contributed by atoms with van der Waals surface area (Å²) in [6, 6.07) is 2.04. The Bertz CT molecular complexity index is 446. The fourth-order valence-electron chi connectivity index (χ4n) is 1.67. The minimum Gasteiger partial charge on any atom is -0.385 e. The highest BCUT2D eigenvalue weighted by atomic mass is 16.5. The van der Waals surface area contributed by atoms with Gasteiger partial charge in [-0.1, -0.05) is 0 Å². The molecule has 1 fully saturated rings. The van der Waals surface area contributed by atoms with Gasteiger partial charge < -0.3 is 15.4 Å². The fraction of sp³-hybridized carbons (Fsp3) is 0.615. The van der Waals surface area contributed by atoms with Gasteiger partial charge in [0.1, 0.15) is 5.69 Å². The van der Waals surface area contributed by atoms with E-state index >= 15 is 0 Å². The summed E-state index contributed by atoms with van der Waals surface area (Å²) in [6.07, 6.45) is 3.01. The van der Waals surface area contributed by atoms with Crippen molar-refractivity contribution in [2.45, 2.75) is 32.2 Å². The predicted octanol–water partition coefficient (Wildman–Crippen LogP) is 1.13. The molecule has 1 aliphatic rings. The predicted molar refractivity (Wildman–Crippen MR) is 72.2 cm³/mol. The first-order valence-electron chi connectivity index (χ1n) is 6.58. The van der Waals surface area contributed by atoms with E-state index in [1.807, 2.05) is 6.92 Å². The van der Waals surface area contributed by atoms with E-state index in [1.54, 1.807) is 13.2 Å². The molecule has 1 aromatic rings. The van der Waals surface area contributed by atoms with Crippen molar-refractivity contribution in [1.82, 2.24) is 15.3 Å². The van der Waals surface area contributed by atoms with Gasteiger partial charge in [0.15, 0.2) is 0 Å². The topological polar surface area (TPSA) is 76.1 Å². The second kappa shape index (κ2) is 6.47. The third-order valence-corrected chi connectivity index (χ3v) is 2.81. The van der Waals surface area contributed by atoms with Gasteiger partial charge in [-0.2, -0.15) is 0 Å². The maximum atomic E-state index is 11.9. The van der Waals surface area contributed by atoms with Gasteiger partial charge in [-0.25, -0.2) is 9.97 Å². The molecule has 6 nitrogen and oxygen atoms in total. The van der Waals surface area contributed by atoms with E-state index in [-0.39, 0.29) is 5.91 Å². The highest BCUT2D eigenvalue weighted by molar-refractivity contribution is 5.93. The molecule has 0 bridgehead atoms. The molecule has 1 aliphatic carbocycles. The Morgan fingerprint density at radius 1 is 1.47 bits per heavy atom. The molecule has 0 saturated heterocycles. The Morgan fingerprint density at radius 2 is 2.26 bits per heavy atom. The first-order chi connectivity index (χ1) is 9.19. The molecule has 0 aromatic carbocycles. The number of nitrogens with zero attached hydrogens (tertiary/aromatic N) is 2. The van der Waals surface area contributed by atoms with Crippen molar-refractivity contribution in [3.05, 3.63) is 17.5 Å². The SMILES string of the molecule is COCCCNc1nc(C)cc(C(=O)NC2CC2)n1. The standard InChI is InChI=1S/C13H20N4O2/c1-9-8-11(12(18)16-10-4-5-10)17-13(15-9)14-6-3-7-19-2/h8,10H,3-7H2,1-2H3,(H,16,18)(H,14,15,17). The third-order valence-electron chi connectivity index (χ3n) is 2.81. The number of nitrogens with one attached hydrogen (secondary N) is 2. The number of amides is 1. The summed E-state index contributed by atoms with van der Waals surface area (Å²) in [7, 11) is 1.67. The van der Waals surface area contributed by atoms with Crippen LogP contribution in [-0.2, 0) is 4.74 Å². The number of ether oxygens (including phenoxy) is 1. The Kier molecular flexibility index (Phi) is 4.68. The number of hydrogen-bond acceptors (Lipinski definition) is 5. The number of anilines is 1. The largest absolute Gasteiger partial charge is 0.385 e. The molecule has 104 valence electrons. The Labute approximate surface area is 113 Å². The van der Waals surface area contributed by atoms with Crippen LogP contribution in [0.3, 0.4) is 0 Å². The smallest absolute Gasteiger partial charge is 0.270 e. The van der Waals surface area contributed by atoms with E-state index in [9.17, 15) is 4.79 Å². The number of carbonyl (C=O) groups excluding carboxylic acids is 1. The minimum atomic E-state index is -0.118. The number of aromatic nitrogens is 2. The van der Waals surface area contributed by atoms with Gasteiger partial charge in [-0.05, 0) is 32.3 Å². The molecule has 0 spiro atoms. The van der Waals surface area contributed by atoms with Crippen molar-refractivity contribution in [3.63, 3.8) is 0 Å². The van der Waals surface area contributed by atoms with Gasteiger partial charge in [0.2, 0.25) is 5.95 Å². The lowest BCUT2D eigenvalue weighted by atomic mass is 10.3. The lowest BCUT2D eigenvalue weighted by Crippen LogP contribution is -2.27. The molecule has 1 amide bonds. The molecule has 19 heavy (non-hydrogen) atoms. The molecule has 0 radical (unpaired) electrons. The molecular weight excluding hydrogens is 244 g/mol. The second-order valence-corrected chi connectivity index (χ2v) is 4.74. The Morgan fingerprint density at radius 3 is 2.95 bits per heavy atom. The number of hydrogen-bond donors (Lipinski definition) is 2. The van der Waals surface area contributed by atoms with Crippen LogP contribution in [0.4, 0.5) is 5.95 Å². The maximum Gasteiger partial charge on any atom is 0.270 e. The molecule has 2 rings (SSSR count). The lowest BCUT2D eigenvalue weighted by Gasteiger charge is -2.08. The van der Waals surface area contributed by atoms with Crippen LogP contribution in [0.25, 0.3) is 0 Å². The van der Waals surface area contributed by atoms with E-state index in [1.165, 1.54) is 0 Å². The van der Waals surface area contributed by atoms with E-state index in [0.29, 0.717) is 24.3 Å². The number of carbonyl (C=O) groups is 1. The Balaban J connectivity index is 1.95. The van der Waals surface area contributed by atoms with E-state index in [0.717, 1.165) is 31.5 Å². The van der Waals surface area contributed by atoms with Gasteiger partial charge in [0.25, 0.3) is 5.91 Å². The van der Waals surface area contributed by atoms with Crippen LogP contribution in [0.1, 0.15) is 35.4 Å². The van der Waals surface area contributed by atoms with Crippen LogP contribution >= 0.6 is 0 Å². The first-order valence-corrected chi connectivity index (χ1v) is 6.58. The summed E-state index contributed by atoms with van der Waals surface area (Å²) in [5.41, 5.74) is 1.21. The summed E-state index contributed by atoms with van der Waals surface area (Å²) in [4.78, 5) is 20.4. The molecule has 1 aromatic heterocycles. The summed E-state index contributed by atoms with van der Waals surface area (Å²) in [6.45, 7) is 3.27.